The van der Waals surface area contributed by atoms with Crippen LogP contribution in [0.15, 0.2) is 73.6 Å². The predicted molar refractivity (Wildman–Crippen MR) is 101 cm³/mol. The van der Waals surface area contributed by atoms with E-state index in [2.05, 4.69) is 27.1 Å². The first-order chi connectivity index (χ1) is 12.8. The molecule has 26 heavy (non-hydrogen) atoms. The van der Waals surface area contributed by atoms with E-state index in [1.165, 1.54) is 11.9 Å². The van der Waals surface area contributed by atoms with Crippen molar-refractivity contribution in [2.24, 2.45) is 0 Å². The Morgan fingerprint density at radius 3 is 2.58 bits per heavy atom. The van der Waals surface area contributed by atoms with E-state index in [4.69, 9.17) is 0 Å². The van der Waals surface area contributed by atoms with Gasteiger partial charge in [-0.15, -0.1) is 0 Å². The average molecular weight is 342 g/mol. The summed E-state index contributed by atoms with van der Waals surface area (Å²) < 4.78 is 1.64. The van der Waals surface area contributed by atoms with Gasteiger partial charge in [0.15, 0.2) is 0 Å². The number of benzene rings is 2. The van der Waals surface area contributed by atoms with Gasteiger partial charge in [-0.05, 0) is 36.1 Å². The van der Waals surface area contributed by atoms with Crippen molar-refractivity contribution in [2.75, 3.05) is 0 Å². The van der Waals surface area contributed by atoms with Gasteiger partial charge in [0, 0.05) is 24.4 Å². The Hall–Kier alpha value is -3.34. The lowest BCUT2D eigenvalue weighted by Gasteiger charge is -2.05. The van der Waals surface area contributed by atoms with Crippen molar-refractivity contribution in [2.45, 2.75) is 19.3 Å². The van der Waals surface area contributed by atoms with Crippen LogP contribution in [0.5, 0.6) is 0 Å². The summed E-state index contributed by atoms with van der Waals surface area (Å²) in [6.45, 7) is 0. The Morgan fingerprint density at radius 1 is 0.962 bits per heavy atom. The molecule has 4 rings (SSSR count). The summed E-state index contributed by atoms with van der Waals surface area (Å²) in [7, 11) is 0. The van der Waals surface area contributed by atoms with Crippen molar-refractivity contribution in [3.05, 3.63) is 79.1 Å². The van der Waals surface area contributed by atoms with Crippen LogP contribution in [0.3, 0.4) is 0 Å². The van der Waals surface area contributed by atoms with Gasteiger partial charge >= 0.3 is 0 Å². The minimum absolute atomic E-state index is 0.0687. The Kier molecular flexibility index (Phi) is 4.51. The number of carbonyl (C=O) groups is 1. The van der Waals surface area contributed by atoms with Gasteiger partial charge in [-0.3, -0.25) is 9.36 Å². The Bertz CT molecular complexity index is 1030. The maximum absolute atomic E-state index is 12.6. The third kappa shape index (κ3) is 3.37. The lowest BCUT2D eigenvalue weighted by atomic mass is 10.1. The highest BCUT2D eigenvalue weighted by Crippen LogP contribution is 2.23. The Labute approximate surface area is 151 Å². The second kappa shape index (κ2) is 7.27. The van der Waals surface area contributed by atoms with E-state index in [1.807, 2.05) is 36.4 Å². The smallest absolute Gasteiger partial charge is 0.232 e. The first-order valence-corrected chi connectivity index (χ1v) is 8.61. The van der Waals surface area contributed by atoms with Crippen molar-refractivity contribution in [1.29, 1.82) is 0 Å². The summed E-state index contributed by atoms with van der Waals surface area (Å²) in [5.41, 5.74) is 4.79. The number of carbonyl (C=O) groups excluding carboxylic acids is 1. The largest absolute Gasteiger partial charge is 0.274 e. The van der Waals surface area contributed by atoms with Gasteiger partial charge in [0.2, 0.25) is 5.91 Å². The van der Waals surface area contributed by atoms with Crippen LogP contribution in [0.25, 0.3) is 22.2 Å². The van der Waals surface area contributed by atoms with Crippen molar-refractivity contribution in [3.8, 4) is 11.1 Å². The fourth-order valence-electron chi connectivity index (χ4n) is 3.05. The molecule has 2 aromatic heterocycles. The molecular formula is C21H18N4O. The van der Waals surface area contributed by atoms with Crippen LogP contribution >= 0.6 is 0 Å². The first-order valence-electron chi connectivity index (χ1n) is 8.61. The summed E-state index contributed by atoms with van der Waals surface area (Å²) in [5.74, 6) is 0.0687. The van der Waals surface area contributed by atoms with Crippen LogP contribution in [0.4, 0.5) is 0 Å². The highest BCUT2D eigenvalue weighted by Gasteiger charge is 2.11. The normalized spacial score (nSPS) is 10.9. The monoisotopic (exact) mass is 342 g/mol. The van der Waals surface area contributed by atoms with Crippen LogP contribution in [0, 0.1) is 0 Å². The molecule has 0 aliphatic carbocycles. The number of nitrogens with zero attached hydrogens (tertiary/aromatic N) is 4. The lowest BCUT2D eigenvalue weighted by molar-refractivity contribution is 0.0905. The van der Waals surface area contributed by atoms with Gasteiger partial charge in [-0.1, -0.05) is 36.4 Å². The minimum Gasteiger partial charge on any atom is -0.274 e. The number of hydrogen-bond donors (Lipinski definition) is 0. The number of aromatic nitrogens is 4. The molecule has 0 amide bonds. The molecule has 0 fully saturated rings. The number of imidazole rings is 1. The molecule has 4 aromatic rings. The third-order valence-electron chi connectivity index (χ3n) is 4.41. The second-order valence-corrected chi connectivity index (χ2v) is 6.18. The molecule has 0 aliphatic rings. The molecule has 0 aliphatic heterocycles. The van der Waals surface area contributed by atoms with Crippen molar-refractivity contribution >= 4 is 16.9 Å². The summed E-state index contributed by atoms with van der Waals surface area (Å²) >= 11 is 0. The van der Waals surface area contributed by atoms with Crippen LogP contribution in [0.1, 0.15) is 23.2 Å². The summed E-state index contributed by atoms with van der Waals surface area (Å²) in [5, 5.41) is 0. The molecule has 0 atom stereocenters. The molecule has 0 bridgehead atoms. The van der Waals surface area contributed by atoms with Gasteiger partial charge in [-0.2, -0.15) is 0 Å². The van der Waals surface area contributed by atoms with E-state index < -0.39 is 0 Å². The average Bonchev–Trinajstić information content (AvgIpc) is 3.13. The zero-order valence-electron chi connectivity index (χ0n) is 14.2. The van der Waals surface area contributed by atoms with E-state index in [-0.39, 0.29) is 5.91 Å². The number of rotatable bonds is 5. The Morgan fingerprint density at radius 2 is 1.77 bits per heavy atom. The van der Waals surface area contributed by atoms with E-state index in [9.17, 15) is 4.79 Å². The molecular weight excluding hydrogens is 324 g/mol. The van der Waals surface area contributed by atoms with Gasteiger partial charge in [0.1, 0.15) is 12.7 Å². The van der Waals surface area contributed by atoms with E-state index in [1.54, 1.807) is 23.3 Å². The third-order valence-corrected chi connectivity index (χ3v) is 4.41. The van der Waals surface area contributed by atoms with Crippen LogP contribution in [-0.2, 0) is 6.42 Å². The Balaban J connectivity index is 1.49. The van der Waals surface area contributed by atoms with Crippen molar-refractivity contribution in [3.63, 3.8) is 0 Å². The second-order valence-electron chi connectivity index (χ2n) is 6.18. The fraction of sp³-hybridized carbons (Fsp3) is 0.143. The highest BCUT2D eigenvalue weighted by atomic mass is 16.2. The maximum atomic E-state index is 12.6. The minimum atomic E-state index is 0.0687. The molecule has 0 spiro atoms. The highest BCUT2D eigenvalue weighted by molar-refractivity contribution is 5.91. The molecule has 2 aromatic carbocycles. The quantitative estimate of drug-likeness (QED) is 0.546. The molecule has 5 nitrogen and oxygen atoms in total. The summed E-state index contributed by atoms with van der Waals surface area (Å²) in [4.78, 5) is 25.0. The van der Waals surface area contributed by atoms with Gasteiger partial charge in [-0.25, -0.2) is 15.0 Å². The predicted octanol–water partition coefficient (Wildman–Crippen LogP) is 4.16. The topological polar surface area (TPSA) is 60.7 Å². The lowest BCUT2D eigenvalue weighted by Crippen LogP contribution is -2.09. The van der Waals surface area contributed by atoms with Gasteiger partial charge < -0.3 is 0 Å². The van der Waals surface area contributed by atoms with Gasteiger partial charge in [0.25, 0.3) is 0 Å². The van der Waals surface area contributed by atoms with Crippen LogP contribution < -0.4 is 0 Å². The molecule has 2 heterocycles. The van der Waals surface area contributed by atoms with E-state index in [0.717, 1.165) is 35.0 Å². The molecule has 0 radical (unpaired) electrons. The van der Waals surface area contributed by atoms with Crippen LogP contribution in [-0.4, -0.2) is 25.4 Å². The maximum Gasteiger partial charge on any atom is 0.232 e. The molecule has 128 valence electrons. The number of aryl methyl sites for hydroxylation is 1. The fourth-order valence-corrected chi connectivity index (χ4v) is 3.05. The van der Waals surface area contributed by atoms with Crippen molar-refractivity contribution in [1.82, 2.24) is 19.5 Å². The molecule has 0 saturated carbocycles. The molecule has 5 heteroatoms. The number of fused-ring (bicyclic) bond motifs is 1. The van der Waals surface area contributed by atoms with Crippen LogP contribution in [0.2, 0.25) is 0 Å². The summed E-state index contributed by atoms with van der Waals surface area (Å²) in [6.07, 6.45) is 8.86. The molecule has 0 N–H and O–H groups in total. The SMILES string of the molecule is O=C(CCCc1ccccc1)n1cnc2cc(-c3cncnc3)ccc21. The van der Waals surface area contributed by atoms with Crippen molar-refractivity contribution < 1.29 is 4.79 Å². The van der Waals surface area contributed by atoms with Gasteiger partial charge in [0.05, 0.1) is 11.0 Å². The van der Waals surface area contributed by atoms with E-state index in [0.29, 0.717) is 6.42 Å². The first kappa shape index (κ1) is 16.1. The summed E-state index contributed by atoms with van der Waals surface area (Å²) in [6, 6.07) is 16.1. The molecule has 0 saturated heterocycles. The number of hydrogen-bond acceptors (Lipinski definition) is 4. The zero-order valence-corrected chi connectivity index (χ0v) is 14.2. The standard InChI is InChI=1S/C21H18N4O/c26-21(8-4-7-16-5-2-1-3-6-16)25-15-24-19-11-17(9-10-20(19)25)18-12-22-14-23-13-18/h1-3,5-6,9-15H,4,7-8H2. The zero-order chi connectivity index (χ0) is 17.8. The molecule has 0 unspecified atom stereocenters. The van der Waals surface area contributed by atoms with E-state index >= 15 is 0 Å².